The summed E-state index contributed by atoms with van der Waals surface area (Å²) in [6.07, 6.45) is 0.279. The summed E-state index contributed by atoms with van der Waals surface area (Å²) < 4.78 is 10.1. The molecule has 0 saturated heterocycles. The predicted octanol–water partition coefficient (Wildman–Crippen LogP) is 1.46. The van der Waals surface area contributed by atoms with Gasteiger partial charge in [-0.25, -0.2) is 4.79 Å². The molecule has 0 aliphatic rings. The number of aliphatic imine (C=N–C) groups is 1. The van der Waals surface area contributed by atoms with Crippen LogP contribution < -0.4 is 16.4 Å². The third-order valence-electron chi connectivity index (χ3n) is 2.10. The SMILES string of the molecule is COCC(C)NC(N)=NCCCNC(=O)OC(C)(C)C.I. The van der Waals surface area contributed by atoms with E-state index in [0.29, 0.717) is 32.1 Å². The first-order chi connectivity index (χ1) is 9.24. The van der Waals surface area contributed by atoms with Crippen LogP contribution >= 0.6 is 24.0 Å². The number of guanidine groups is 1. The van der Waals surface area contributed by atoms with Crippen LogP contribution in [0.3, 0.4) is 0 Å². The van der Waals surface area contributed by atoms with Gasteiger partial charge in [0.25, 0.3) is 0 Å². The van der Waals surface area contributed by atoms with Crippen molar-refractivity contribution in [3.63, 3.8) is 0 Å². The molecule has 0 aliphatic heterocycles. The average Bonchev–Trinajstić information content (AvgIpc) is 2.26. The molecule has 1 atom stereocenters. The van der Waals surface area contributed by atoms with Crippen molar-refractivity contribution < 1.29 is 14.3 Å². The van der Waals surface area contributed by atoms with Crippen molar-refractivity contribution in [1.29, 1.82) is 0 Å². The Hall–Kier alpha value is -0.770. The number of rotatable bonds is 7. The molecule has 0 fully saturated rings. The number of halogens is 1. The Labute approximate surface area is 144 Å². The van der Waals surface area contributed by atoms with Gasteiger partial charge in [0.05, 0.1) is 6.61 Å². The third-order valence-corrected chi connectivity index (χ3v) is 2.10. The number of ether oxygens (including phenoxy) is 2. The fourth-order valence-electron chi connectivity index (χ4n) is 1.37. The van der Waals surface area contributed by atoms with Crippen molar-refractivity contribution in [2.45, 2.75) is 45.8 Å². The molecular weight excluding hydrogens is 387 g/mol. The van der Waals surface area contributed by atoms with Crippen LogP contribution in [0.5, 0.6) is 0 Å². The van der Waals surface area contributed by atoms with Gasteiger partial charge in [0.1, 0.15) is 5.60 Å². The molecule has 4 N–H and O–H groups in total. The Balaban J connectivity index is 0. The maximum atomic E-state index is 11.4. The largest absolute Gasteiger partial charge is 0.444 e. The lowest BCUT2D eigenvalue weighted by atomic mass is 10.2. The Bertz CT molecular complexity index is 319. The van der Waals surface area contributed by atoms with E-state index in [9.17, 15) is 4.79 Å². The number of nitrogens with two attached hydrogens (primary N) is 1. The minimum absolute atomic E-state index is 0. The second-order valence-corrected chi connectivity index (χ2v) is 5.55. The van der Waals surface area contributed by atoms with Gasteiger partial charge in [0, 0.05) is 26.2 Å². The fourth-order valence-corrected chi connectivity index (χ4v) is 1.37. The Kier molecular flexibility index (Phi) is 12.7. The number of methoxy groups -OCH3 is 1. The third kappa shape index (κ3) is 15.4. The summed E-state index contributed by atoms with van der Waals surface area (Å²) in [7, 11) is 1.63. The smallest absolute Gasteiger partial charge is 0.407 e. The number of nitrogens with zero attached hydrogens (tertiary/aromatic N) is 1. The van der Waals surface area contributed by atoms with Crippen LogP contribution in [0.4, 0.5) is 4.79 Å². The van der Waals surface area contributed by atoms with Crippen LogP contribution in [-0.4, -0.2) is 50.5 Å². The van der Waals surface area contributed by atoms with Crippen LogP contribution in [0.15, 0.2) is 4.99 Å². The Morgan fingerprint density at radius 3 is 2.52 bits per heavy atom. The van der Waals surface area contributed by atoms with Crippen molar-refractivity contribution in [3.05, 3.63) is 0 Å². The Morgan fingerprint density at radius 1 is 1.38 bits per heavy atom. The van der Waals surface area contributed by atoms with Crippen molar-refractivity contribution in [3.8, 4) is 0 Å². The molecule has 21 heavy (non-hydrogen) atoms. The lowest BCUT2D eigenvalue weighted by molar-refractivity contribution is 0.0527. The van der Waals surface area contributed by atoms with Crippen molar-refractivity contribution in [1.82, 2.24) is 10.6 Å². The van der Waals surface area contributed by atoms with Gasteiger partial charge in [0.2, 0.25) is 0 Å². The van der Waals surface area contributed by atoms with E-state index < -0.39 is 11.7 Å². The molecule has 126 valence electrons. The molecule has 0 rings (SSSR count). The number of alkyl carbamates (subject to hydrolysis) is 1. The maximum absolute atomic E-state index is 11.4. The van der Waals surface area contributed by atoms with E-state index in [-0.39, 0.29) is 30.0 Å². The molecule has 1 unspecified atom stereocenters. The number of nitrogens with one attached hydrogen (secondary N) is 2. The topological polar surface area (TPSA) is 98.0 Å². The minimum Gasteiger partial charge on any atom is -0.444 e. The second kappa shape index (κ2) is 11.8. The highest BCUT2D eigenvalue weighted by molar-refractivity contribution is 14.0. The molecule has 0 aromatic heterocycles. The van der Waals surface area contributed by atoms with Crippen LogP contribution in [0, 0.1) is 0 Å². The summed E-state index contributed by atoms with van der Waals surface area (Å²) in [6.45, 7) is 9.03. The highest BCUT2D eigenvalue weighted by Crippen LogP contribution is 2.06. The monoisotopic (exact) mass is 416 g/mol. The lowest BCUT2D eigenvalue weighted by Gasteiger charge is -2.19. The summed E-state index contributed by atoms with van der Waals surface area (Å²) in [5.41, 5.74) is 5.22. The van der Waals surface area contributed by atoms with Crippen molar-refractivity contribution in [2.24, 2.45) is 10.7 Å². The molecule has 8 heteroatoms. The first kappa shape index (κ1) is 22.5. The van der Waals surface area contributed by atoms with Crippen LogP contribution in [-0.2, 0) is 9.47 Å². The molecule has 0 aromatic rings. The van der Waals surface area contributed by atoms with E-state index >= 15 is 0 Å². The average molecular weight is 416 g/mol. The van der Waals surface area contributed by atoms with Gasteiger partial charge in [-0.2, -0.15) is 0 Å². The molecule has 0 spiro atoms. The molecule has 1 amide bonds. The molecule has 0 radical (unpaired) electrons. The zero-order valence-electron chi connectivity index (χ0n) is 13.6. The summed E-state index contributed by atoms with van der Waals surface area (Å²) >= 11 is 0. The quantitative estimate of drug-likeness (QED) is 0.253. The molecular formula is C13H29IN4O3. The van der Waals surface area contributed by atoms with E-state index in [2.05, 4.69) is 15.6 Å². The zero-order chi connectivity index (χ0) is 15.6. The predicted molar refractivity (Wildman–Crippen MR) is 95.2 cm³/mol. The van der Waals surface area contributed by atoms with Crippen molar-refractivity contribution in [2.75, 3.05) is 26.8 Å². The molecule has 0 aromatic carbocycles. The maximum Gasteiger partial charge on any atom is 0.407 e. The number of hydrogen-bond donors (Lipinski definition) is 3. The van der Waals surface area contributed by atoms with E-state index in [4.69, 9.17) is 15.2 Å². The van der Waals surface area contributed by atoms with Crippen LogP contribution in [0.1, 0.15) is 34.1 Å². The molecule has 0 heterocycles. The normalized spacial score (nSPS) is 13.1. The number of hydrogen-bond acceptors (Lipinski definition) is 4. The van der Waals surface area contributed by atoms with Crippen LogP contribution in [0.2, 0.25) is 0 Å². The molecule has 0 aliphatic carbocycles. The fraction of sp³-hybridized carbons (Fsp3) is 0.846. The van der Waals surface area contributed by atoms with E-state index in [0.717, 1.165) is 0 Å². The molecule has 7 nitrogen and oxygen atoms in total. The van der Waals surface area contributed by atoms with Gasteiger partial charge in [-0.3, -0.25) is 4.99 Å². The standard InChI is InChI=1S/C13H28N4O3.HI/c1-10(9-19-5)17-11(14)15-7-6-8-16-12(18)20-13(2,3)4;/h10H,6-9H2,1-5H3,(H,16,18)(H3,14,15,17);1H. The highest BCUT2D eigenvalue weighted by atomic mass is 127. The van der Waals surface area contributed by atoms with Gasteiger partial charge in [-0.05, 0) is 34.1 Å². The number of carbonyl (C=O) groups excluding carboxylic acids is 1. The first-order valence-electron chi connectivity index (χ1n) is 6.77. The van der Waals surface area contributed by atoms with Crippen molar-refractivity contribution >= 4 is 36.0 Å². The highest BCUT2D eigenvalue weighted by Gasteiger charge is 2.15. The van der Waals surface area contributed by atoms with Gasteiger partial charge in [0.15, 0.2) is 5.96 Å². The van der Waals surface area contributed by atoms with Gasteiger partial charge < -0.3 is 25.8 Å². The summed E-state index contributed by atoms with van der Waals surface area (Å²) in [4.78, 5) is 15.5. The summed E-state index contributed by atoms with van der Waals surface area (Å²) in [6, 6.07) is 0.114. The summed E-state index contributed by atoms with van der Waals surface area (Å²) in [5.74, 6) is 0.381. The first-order valence-corrected chi connectivity index (χ1v) is 6.77. The summed E-state index contributed by atoms with van der Waals surface area (Å²) in [5, 5.41) is 5.66. The molecule has 0 bridgehead atoms. The lowest BCUT2D eigenvalue weighted by Crippen LogP contribution is -2.40. The molecule has 0 saturated carbocycles. The second-order valence-electron chi connectivity index (χ2n) is 5.55. The van der Waals surface area contributed by atoms with Gasteiger partial charge >= 0.3 is 6.09 Å². The van der Waals surface area contributed by atoms with E-state index in [1.807, 2.05) is 27.7 Å². The zero-order valence-corrected chi connectivity index (χ0v) is 15.9. The van der Waals surface area contributed by atoms with E-state index in [1.54, 1.807) is 7.11 Å². The minimum atomic E-state index is -0.478. The van der Waals surface area contributed by atoms with Gasteiger partial charge in [-0.1, -0.05) is 0 Å². The van der Waals surface area contributed by atoms with Gasteiger partial charge in [-0.15, -0.1) is 24.0 Å². The number of amides is 1. The number of carbonyl (C=O) groups is 1. The van der Waals surface area contributed by atoms with Crippen LogP contribution in [0.25, 0.3) is 0 Å². The van der Waals surface area contributed by atoms with E-state index in [1.165, 1.54) is 0 Å². The Morgan fingerprint density at radius 2 is 2.00 bits per heavy atom.